The largest absolute Gasteiger partial charge is 0.218 e. The Morgan fingerprint density at radius 1 is 0.605 bits per heavy atom. The molecule has 0 aliphatic rings. The molecule has 0 atom stereocenters. The number of aromatic amines is 3. The van der Waals surface area contributed by atoms with Gasteiger partial charge in [0.1, 0.15) is 0 Å². The van der Waals surface area contributed by atoms with Gasteiger partial charge in [0.05, 0.1) is 0 Å². The SMILES string of the molecule is CN(C)C=O.[O]=[Cr](=[O])([O-])[O]Cl.[O]=[Cr](=[O])([O-])[O][Cr](=[O])(=[O])[O-].c1cc[nH+]cc1.c1cc[nH+]cc1.c1cc[nH+]cc1. The van der Waals surface area contributed by atoms with Gasteiger partial charge in [0.15, 0.2) is 37.2 Å². The number of rotatable bonds is 4. The molecule has 16 nitrogen and oxygen atoms in total. The number of H-pyrrole nitrogens is 3. The molecule has 0 unspecified atom stereocenters. The summed E-state index contributed by atoms with van der Waals surface area (Å²) in [5.74, 6) is 0. The van der Waals surface area contributed by atoms with E-state index in [4.69, 9.17) is 11.8 Å². The Balaban J connectivity index is -0.000000391. The number of carbonyl (C=O) groups excluding carboxylic acids is 1. The minimum absolute atomic E-state index is 0.750. The van der Waals surface area contributed by atoms with Crippen molar-refractivity contribution >= 4 is 18.3 Å². The molecule has 0 aliphatic heterocycles. The summed E-state index contributed by atoms with van der Waals surface area (Å²) in [4.78, 5) is 19.6. The van der Waals surface area contributed by atoms with Gasteiger partial charge in [-0.15, -0.1) is 0 Å². The molecule has 214 valence electrons. The van der Waals surface area contributed by atoms with E-state index in [9.17, 15) is 28.3 Å². The predicted molar refractivity (Wildman–Crippen MR) is 101 cm³/mol. The van der Waals surface area contributed by atoms with Gasteiger partial charge in [0.2, 0.25) is 6.41 Å². The minimum Gasteiger partial charge on any atom is -0.218 e. The number of nitrogens with zero attached hydrogens (tertiary/aromatic N) is 1. The Labute approximate surface area is 230 Å². The molecule has 0 bridgehead atoms. The number of hydrogen-bond donors (Lipinski definition) is 0. The third-order valence-electron chi connectivity index (χ3n) is 2.28. The summed E-state index contributed by atoms with van der Waals surface area (Å²) in [7, 11) is 3.38. The van der Waals surface area contributed by atoms with Gasteiger partial charge in [0, 0.05) is 50.5 Å². The maximum Gasteiger partial charge on any atom is 0.166 e. The number of amides is 1. The summed E-state index contributed by atoms with van der Waals surface area (Å²) < 4.78 is 89.3. The normalized spacial score (nSPS) is 9.74. The third kappa shape index (κ3) is 50.3. The van der Waals surface area contributed by atoms with Gasteiger partial charge in [-0.05, 0) is 0 Å². The molecule has 0 saturated heterocycles. The van der Waals surface area contributed by atoms with E-state index in [0.717, 1.165) is 6.41 Å². The van der Waals surface area contributed by atoms with Crippen LogP contribution in [-0.2, 0) is 74.6 Å². The molecule has 0 spiro atoms. The second-order valence-corrected chi connectivity index (χ2v) is 11.3. The van der Waals surface area contributed by atoms with Crippen LogP contribution in [0, 0.1) is 0 Å². The van der Waals surface area contributed by atoms with E-state index in [-0.39, 0.29) is 0 Å². The Morgan fingerprint density at radius 2 is 0.816 bits per heavy atom. The molecule has 0 aromatic carbocycles. The molecule has 0 aliphatic carbocycles. The summed E-state index contributed by atoms with van der Waals surface area (Å²) >= 11 is -13.3. The second kappa shape index (κ2) is 24.7. The molecule has 3 N–H and O–H groups in total. The molecular formula is C18H25ClCr3N4O12. The zero-order chi connectivity index (χ0) is 29.9. The van der Waals surface area contributed by atoms with Crippen molar-refractivity contribution in [3.63, 3.8) is 0 Å². The zero-order valence-electron chi connectivity index (χ0n) is 19.7. The quantitative estimate of drug-likeness (QED) is 0.259. The number of pyridine rings is 3. The Bertz CT molecular complexity index is 1050. The van der Waals surface area contributed by atoms with Gasteiger partial charge in [-0.25, -0.2) is 15.0 Å². The van der Waals surface area contributed by atoms with Gasteiger partial charge in [-0.2, -0.15) is 0 Å². The standard InChI is InChI=1S/3C5H5N.C3H7NO.ClO.3Cr.10O/c3*1-2-4-6-5-3-1;1-4(2)3-5;1-2;;;;;;;;;;;;;/h3*1-5H;3H,1-2H3;;;;;;;;;;;;;;/q;;;;-1;;;+1;;;;;;;;3*-1/p+3. The topological polar surface area (TPSA) is 253 Å². The fourth-order valence-electron chi connectivity index (χ4n) is 1.13. The Morgan fingerprint density at radius 3 is 0.842 bits per heavy atom. The maximum atomic E-state index is 9.43. The van der Waals surface area contributed by atoms with Crippen molar-refractivity contribution < 1.29 is 102 Å². The first-order valence-corrected chi connectivity index (χ1v) is 15.8. The van der Waals surface area contributed by atoms with Crippen LogP contribution in [-0.4, -0.2) is 25.4 Å². The van der Waals surface area contributed by atoms with Gasteiger partial charge >= 0.3 is 94.2 Å². The van der Waals surface area contributed by atoms with Crippen LogP contribution in [0.4, 0.5) is 0 Å². The molecule has 20 heteroatoms. The van der Waals surface area contributed by atoms with Crippen molar-refractivity contribution in [2.75, 3.05) is 14.1 Å². The summed E-state index contributed by atoms with van der Waals surface area (Å²) in [6, 6.07) is 17.6. The van der Waals surface area contributed by atoms with E-state index < -0.39 is 40.8 Å². The molecule has 38 heavy (non-hydrogen) atoms. The summed E-state index contributed by atoms with van der Waals surface area (Å²) in [5, 5.41) is 0. The van der Waals surface area contributed by atoms with Crippen molar-refractivity contribution in [2.45, 2.75) is 0 Å². The van der Waals surface area contributed by atoms with Gasteiger partial charge in [-0.1, -0.05) is 18.2 Å². The van der Waals surface area contributed by atoms with Crippen LogP contribution in [0.25, 0.3) is 0 Å². The fourth-order valence-corrected chi connectivity index (χ4v) is 2.76. The molecule has 0 radical (unpaired) electrons. The zero-order valence-corrected chi connectivity index (χ0v) is 24.3. The number of aromatic nitrogens is 3. The van der Waals surface area contributed by atoms with E-state index in [2.05, 4.69) is 33.0 Å². The van der Waals surface area contributed by atoms with Crippen molar-refractivity contribution in [1.82, 2.24) is 4.90 Å². The summed E-state index contributed by atoms with van der Waals surface area (Å²) in [5.41, 5.74) is 0. The van der Waals surface area contributed by atoms with Gasteiger partial charge in [-0.3, -0.25) is 4.79 Å². The smallest absolute Gasteiger partial charge is 0.166 e. The van der Waals surface area contributed by atoms with E-state index in [1.54, 1.807) is 14.1 Å². The minimum atomic E-state index is -6.07. The van der Waals surface area contributed by atoms with E-state index in [1.165, 1.54) is 4.90 Å². The monoisotopic (exact) mass is 680 g/mol. The summed E-state index contributed by atoms with van der Waals surface area (Å²) in [6.07, 6.45) is 12.0. The van der Waals surface area contributed by atoms with Crippen LogP contribution >= 0.6 is 11.9 Å². The number of carbonyl (C=O) groups is 1. The molecule has 0 saturated carbocycles. The fraction of sp³-hybridized carbons (Fsp3) is 0.111. The average molecular weight is 681 g/mol. The molecule has 3 aromatic rings. The molecular weight excluding hydrogens is 656 g/mol. The van der Waals surface area contributed by atoms with Crippen LogP contribution in [0.2, 0.25) is 0 Å². The Kier molecular flexibility index (Phi) is 26.0. The second-order valence-electron chi connectivity index (χ2n) is 5.66. The van der Waals surface area contributed by atoms with E-state index in [0.29, 0.717) is 0 Å². The van der Waals surface area contributed by atoms with Crippen LogP contribution in [0.1, 0.15) is 0 Å². The number of halogens is 1. The van der Waals surface area contributed by atoms with Crippen molar-refractivity contribution in [1.29, 1.82) is 0 Å². The predicted octanol–water partition coefficient (Wildman–Crippen LogP) is -2.53. The van der Waals surface area contributed by atoms with Gasteiger partial charge in [0.25, 0.3) is 0 Å². The van der Waals surface area contributed by atoms with Crippen LogP contribution in [0.15, 0.2) is 91.8 Å². The average Bonchev–Trinajstić information content (AvgIpc) is 2.86. The molecule has 1 amide bonds. The molecule has 3 rings (SSSR count). The van der Waals surface area contributed by atoms with Crippen LogP contribution in [0.3, 0.4) is 0 Å². The first-order valence-electron chi connectivity index (χ1n) is 9.27. The van der Waals surface area contributed by atoms with Crippen LogP contribution < -0.4 is 27.4 Å². The van der Waals surface area contributed by atoms with Crippen molar-refractivity contribution in [3.05, 3.63) is 91.8 Å². The maximum absolute atomic E-state index is 9.43. The van der Waals surface area contributed by atoms with E-state index >= 15 is 0 Å². The molecule has 3 aromatic heterocycles. The number of nitrogens with one attached hydrogen (secondary N) is 3. The molecule has 0 fully saturated rings. The van der Waals surface area contributed by atoms with Crippen LogP contribution in [0.5, 0.6) is 0 Å². The first-order chi connectivity index (χ1) is 17.5. The third-order valence-corrected chi connectivity index (χ3v) is 5.82. The first kappa shape index (κ1) is 39.9. The summed E-state index contributed by atoms with van der Waals surface area (Å²) in [6.45, 7) is 0. The van der Waals surface area contributed by atoms with Gasteiger partial charge < -0.3 is 4.90 Å². The Hall–Kier alpha value is -2.59. The van der Waals surface area contributed by atoms with E-state index in [1.807, 2.05) is 91.8 Å². The number of hydrogen-bond acceptors (Lipinski definition) is 12. The molecule has 3 heterocycles. The van der Waals surface area contributed by atoms with Crippen molar-refractivity contribution in [2.24, 2.45) is 0 Å². The van der Waals surface area contributed by atoms with Crippen molar-refractivity contribution in [3.8, 4) is 0 Å².